The summed E-state index contributed by atoms with van der Waals surface area (Å²) < 4.78 is 4.91. The summed E-state index contributed by atoms with van der Waals surface area (Å²) >= 11 is 0. The van der Waals surface area contributed by atoms with Gasteiger partial charge in [0, 0.05) is 6.42 Å². The maximum Gasteiger partial charge on any atom is 0.305 e. The van der Waals surface area contributed by atoms with E-state index in [1.165, 1.54) is 25.7 Å². The summed E-state index contributed by atoms with van der Waals surface area (Å²) in [6.07, 6.45) is 17.0. The second-order valence-electron chi connectivity index (χ2n) is 7.05. The Hall–Kier alpha value is -0.870. The lowest BCUT2D eigenvalue weighted by molar-refractivity contribution is -0.146. The van der Waals surface area contributed by atoms with E-state index < -0.39 is 6.10 Å². The number of rotatable bonds is 17. The van der Waals surface area contributed by atoms with E-state index in [2.05, 4.69) is 19.1 Å². The van der Waals surface area contributed by atoms with Gasteiger partial charge in [0.2, 0.25) is 0 Å². The third-order valence-electron chi connectivity index (χ3n) is 4.20. The van der Waals surface area contributed by atoms with E-state index in [9.17, 15) is 9.90 Å². The van der Waals surface area contributed by atoms with Crippen molar-refractivity contribution >= 4 is 5.97 Å². The van der Waals surface area contributed by atoms with Crippen molar-refractivity contribution in [3.63, 3.8) is 0 Å². The maximum absolute atomic E-state index is 11.3. The minimum absolute atomic E-state index is 0.0958. The highest BCUT2D eigenvalue weighted by molar-refractivity contribution is 5.69. The number of ether oxygens (including phenoxy) is 1. The largest absolute Gasteiger partial charge is 0.463 e. The fraction of sp³-hybridized carbons (Fsp3) is 0.857. The highest BCUT2D eigenvalue weighted by Crippen LogP contribution is 2.10. The number of aliphatic hydroxyl groups excluding tert-OH is 2. The molecule has 0 saturated carbocycles. The fourth-order valence-corrected chi connectivity index (χ4v) is 2.64. The van der Waals surface area contributed by atoms with Crippen molar-refractivity contribution in [2.75, 3.05) is 6.61 Å². The van der Waals surface area contributed by atoms with Gasteiger partial charge >= 0.3 is 5.97 Å². The molecular formula is C21H40O4. The molecule has 0 saturated heterocycles. The fourth-order valence-electron chi connectivity index (χ4n) is 2.64. The molecule has 0 fully saturated rings. The smallest absolute Gasteiger partial charge is 0.305 e. The van der Waals surface area contributed by atoms with Crippen LogP contribution in [0.3, 0.4) is 0 Å². The van der Waals surface area contributed by atoms with Crippen molar-refractivity contribution in [2.45, 2.75) is 110 Å². The van der Waals surface area contributed by atoms with E-state index in [-0.39, 0.29) is 18.7 Å². The van der Waals surface area contributed by atoms with Gasteiger partial charge in [0.1, 0.15) is 6.61 Å². The molecule has 0 aromatic heterocycles. The molecule has 0 bridgehead atoms. The highest BCUT2D eigenvalue weighted by Gasteiger charge is 2.04. The number of allylic oxidation sites excluding steroid dienone is 1. The predicted octanol–water partition coefficient (Wildman–Crippen LogP) is 4.92. The first-order chi connectivity index (χ1) is 12.1. The molecule has 0 aliphatic carbocycles. The Morgan fingerprint density at radius 2 is 1.64 bits per heavy atom. The van der Waals surface area contributed by atoms with E-state index in [1.807, 2.05) is 0 Å². The average Bonchev–Trinajstić information content (AvgIpc) is 2.58. The van der Waals surface area contributed by atoms with Gasteiger partial charge in [-0.05, 0) is 39.0 Å². The lowest BCUT2D eigenvalue weighted by atomic mass is 10.1. The van der Waals surface area contributed by atoms with Crippen LogP contribution in [0.5, 0.6) is 0 Å². The van der Waals surface area contributed by atoms with Gasteiger partial charge in [0.15, 0.2) is 0 Å². The minimum Gasteiger partial charge on any atom is -0.463 e. The third-order valence-corrected chi connectivity index (χ3v) is 4.20. The molecule has 0 aliphatic heterocycles. The number of carbonyl (C=O) groups excluding carboxylic acids is 1. The van der Waals surface area contributed by atoms with Crippen LogP contribution in [-0.2, 0) is 9.53 Å². The lowest BCUT2D eigenvalue weighted by Gasteiger charge is -2.07. The molecule has 0 amide bonds. The molecule has 0 aliphatic rings. The molecule has 0 heterocycles. The van der Waals surface area contributed by atoms with Crippen molar-refractivity contribution in [3.8, 4) is 0 Å². The maximum atomic E-state index is 11.3. The molecule has 0 aromatic rings. The zero-order valence-corrected chi connectivity index (χ0v) is 16.4. The van der Waals surface area contributed by atoms with Gasteiger partial charge in [-0.1, -0.05) is 64.0 Å². The lowest BCUT2D eigenvalue weighted by Crippen LogP contribution is -2.14. The van der Waals surface area contributed by atoms with Crippen LogP contribution >= 0.6 is 0 Å². The van der Waals surface area contributed by atoms with E-state index in [0.29, 0.717) is 6.42 Å². The number of aliphatic hydroxyl groups is 2. The summed E-state index contributed by atoms with van der Waals surface area (Å²) in [5.41, 5.74) is 0. The van der Waals surface area contributed by atoms with E-state index >= 15 is 0 Å². The van der Waals surface area contributed by atoms with Crippen LogP contribution in [0.1, 0.15) is 97.3 Å². The number of carbonyl (C=O) groups is 1. The molecule has 1 unspecified atom stereocenters. The molecular weight excluding hydrogens is 316 g/mol. The molecule has 4 nitrogen and oxygen atoms in total. The zero-order chi connectivity index (χ0) is 18.8. The van der Waals surface area contributed by atoms with Gasteiger partial charge in [0.05, 0.1) is 12.2 Å². The molecule has 4 heteroatoms. The quantitative estimate of drug-likeness (QED) is 0.220. The number of unbranched alkanes of at least 4 members (excludes halogenated alkanes) is 8. The normalized spacial score (nSPS) is 13.9. The number of esters is 1. The van der Waals surface area contributed by atoms with Crippen molar-refractivity contribution in [3.05, 3.63) is 12.2 Å². The second-order valence-corrected chi connectivity index (χ2v) is 7.05. The van der Waals surface area contributed by atoms with Gasteiger partial charge < -0.3 is 14.9 Å². The van der Waals surface area contributed by atoms with Gasteiger partial charge in [-0.15, -0.1) is 0 Å². The van der Waals surface area contributed by atoms with E-state index in [0.717, 1.165) is 51.4 Å². The second kappa shape index (κ2) is 17.9. The SMILES string of the molecule is CCCCCCC(O)C/C=C/CCCCCCCC(=O)OC[C@@H](C)O. The standard InChI is InChI=1S/C21H40O4/c1-3-4-5-12-15-20(23)16-13-10-8-6-7-9-11-14-17-21(24)25-18-19(2)22/h10,13,19-20,22-23H,3-9,11-12,14-18H2,1-2H3/b13-10+/t19-,20?/m1/s1. The highest BCUT2D eigenvalue weighted by atomic mass is 16.5. The first kappa shape index (κ1) is 24.1. The summed E-state index contributed by atoms with van der Waals surface area (Å²) in [6.45, 7) is 3.90. The van der Waals surface area contributed by atoms with Crippen LogP contribution in [-0.4, -0.2) is 35.0 Å². The van der Waals surface area contributed by atoms with Crippen LogP contribution in [0.15, 0.2) is 12.2 Å². The van der Waals surface area contributed by atoms with Crippen molar-refractivity contribution in [1.29, 1.82) is 0 Å². The summed E-state index contributed by atoms with van der Waals surface area (Å²) in [5, 5.41) is 18.9. The third kappa shape index (κ3) is 19.3. The number of hydrogen-bond acceptors (Lipinski definition) is 4. The number of hydrogen-bond donors (Lipinski definition) is 2. The molecule has 0 rings (SSSR count). The first-order valence-corrected chi connectivity index (χ1v) is 10.2. The van der Waals surface area contributed by atoms with Gasteiger partial charge in [0.25, 0.3) is 0 Å². The first-order valence-electron chi connectivity index (χ1n) is 10.2. The average molecular weight is 357 g/mol. The molecule has 0 radical (unpaired) electrons. The molecule has 25 heavy (non-hydrogen) atoms. The van der Waals surface area contributed by atoms with Crippen molar-refractivity contribution in [2.24, 2.45) is 0 Å². The Balaban J connectivity index is 3.33. The molecule has 2 atom stereocenters. The van der Waals surface area contributed by atoms with Gasteiger partial charge in [-0.2, -0.15) is 0 Å². The van der Waals surface area contributed by atoms with Crippen LogP contribution < -0.4 is 0 Å². The minimum atomic E-state index is -0.584. The van der Waals surface area contributed by atoms with Crippen LogP contribution in [0.25, 0.3) is 0 Å². The van der Waals surface area contributed by atoms with E-state index in [4.69, 9.17) is 9.84 Å². The predicted molar refractivity (Wildman–Crippen MR) is 103 cm³/mol. The summed E-state index contributed by atoms with van der Waals surface area (Å²) in [4.78, 5) is 11.3. The Kier molecular flexibility index (Phi) is 17.3. The molecule has 148 valence electrons. The molecule has 0 aromatic carbocycles. The Morgan fingerprint density at radius 3 is 2.36 bits per heavy atom. The zero-order valence-electron chi connectivity index (χ0n) is 16.4. The van der Waals surface area contributed by atoms with Crippen LogP contribution in [0.2, 0.25) is 0 Å². The summed E-state index contributed by atoms with van der Waals surface area (Å²) in [6, 6.07) is 0. The van der Waals surface area contributed by atoms with Crippen molar-refractivity contribution in [1.82, 2.24) is 0 Å². The van der Waals surface area contributed by atoms with Crippen LogP contribution in [0, 0.1) is 0 Å². The van der Waals surface area contributed by atoms with Crippen LogP contribution in [0.4, 0.5) is 0 Å². The monoisotopic (exact) mass is 356 g/mol. The Labute approximate surface area is 154 Å². The van der Waals surface area contributed by atoms with E-state index in [1.54, 1.807) is 6.92 Å². The molecule has 0 spiro atoms. The Morgan fingerprint density at radius 1 is 0.960 bits per heavy atom. The Bertz CT molecular complexity index is 326. The van der Waals surface area contributed by atoms with Gasteiger partial charge in [-0.25, -0.2) is 0 Å². The van der Waals surface area contributed by atoms with Crippen molar-refractivity contribution < 1.29 is 19.7 Å². The summed E-state index contributed by atoms with van der Waals surface area (Å²) in [7, 11) is 0. The van der Waals surface area contributed by atoms with Gasteiger partial charge in [-0.3, -0.25) is 4.79 Å². The molecule has 2 N–H and O–H groups in total. The summed E-state index contributed by atoms with van der Waals surface area (Å²) in [5.74, 6) is -0.211. The topological polar surface area (TPSA) is 66.8 Å².